The summed E-state index contributed by atoms with van der Waals surface area (Å²) in [5, 5.41) is 1.20. The Morgan fingerprint density at radius 1 is 0.864 bits per heavy atom. The van der Waals surface area contributed by atoms with Gasteiger partial charge in [-0.1, -0.05) is 72.4 Å². The predicted molar refractivity (Wildman–Crippen MR) is 89.0 cm³/mol. The van der Waals surface area contributed by atoms with Gasteiger partial charge in [0.15, 0.2) is 6.39 Å². The van der Waals surface area contributed by atoms with E-state index in [1.54, 1.807) is 18.0 Å². The zero-order valence-corrected chi connectivity index (χ0v) is 12.6. The van der Waals surface area contributed by atoms with Crippen LogP contribution >= 0.6 is 11.8 Å². The third-order valence-electron chi connectivity index (χ3n) is 3.70. The van der Waals surface area contributed by atoms with E-state index in [0.717, 1.165) is 10.7 Å². The molecule has 22 heavy (non-hydrogen) atoms. The first kappa shape index (κ1) is 13.3. The van der Waals surface area contributed by atoms with Crippen LogP contribution in [0, 0.1) is 0 Å². The van der Waals surface area contributed by atoms with Crippen LogP contribution in [0.1, 0.15) is 28.1 Å². The van der Waals surface area contributed by atoms with E-state index < -0.39 is 0 Å². The maximum Gasteiger partial charge on any atom is 0.181 e. The molecule has 4 heteroatoms. The first-order valence-corrected chi connectivity index (χ1v) is 8.03. The molecular weight excluding hydrogens is 292 g/mol. The van der Waals surface area contributed by atoms with E-state index in [-0.39, 0.29) is 11.3 Å². The summed E-state index contributed by atoms with van der Waals surface area (Å²) < 4.78 is 5.10. The Kier molecular flexibility index (Phi) is 3.52. The standard InChI is InChI=1S/C18H14N2OS/c1-3-7-13(8-4-1)16-17(14-9-5-2-6-10-14)22-18(20-16)15-11-21-12-19-15/h1-12,16-17H. The van der Waals surface area contributed by atoms with Crippen molar-refractivity contribution < 1.29 is 4.42 Å². The fourth-order valence-corrected chi connectivity index (χ4v) is 3.92. The SMILES string of the molecule is c1ccc(C2N=C(c3cocn3)SC2c2ccccc2)cc1. The van der Waals surface area contributed by atoms with E-state index >= 15 is 0 Å². The normalized spacial score (nSPS) is 20.8. The van der Waals surface area contributed by atoms with E-state index in [1.165, 1.54) is 17.5 Å². The van der Waals surface area contributed by atoms with Crippen LogP contribution in [0.4, 0.5) is 0 Å². The minimum Gasteiger partial charge on any atom is -0.451 e. The number of hydrogen-bond donors (Lipinski definition) is 0. The van der Waals surface area contributed by atoms with Crippen molar-refractivity contribution in [3.05, 3.63) is 90.1 Å². The molecule has 0 spiro atoms. The molecule has 4 rings (SSSR count). The van der Waals surface area contributed by atoms with Crippen molar-refractivity contribution in [2.24, 2.45) is 4.99 Å². The maximum absolute atomic E-state index is 5.10. The Balaban J connectivity index is 1.75. The van der Waals surface area contributed by atoms with Gasteiger partial charge in [-0.15, -0.1) is 0 Å². The first-order valence-electron chi connectivity index (χ1n) is 7.15. The number of benzene rings is 2. The largest absolute Gasteiger partial charge is 0.451 e. The van der Waals surface area contributed by atoms with E-state index in [1.807, 2.05) is 12.1 Å². The van der Waals surface area contributed by atoms with Crippen LogP contribution in [0.2, 0.25) is 0 Å². The summed E-state index contributed by atoms with van der Waals surface area (Å²) >= 11 is 1.75. The number of aromatic nitrogens is 1. The average molecular weight is 306 g/mol. The molecule has 0 radical (unpaired) electrons. The second-order valence-corrected chi connectivity index (χ2v) is 6.24. The van der Waals surface area contributed by atoms with Gasteiger partial charge >= 0.3 is 0 Å². The molecule has 0 bridgehead atoms. The summed E-state index contributed by atoms with van der Waals surface area (Å²) in [6, 6.07) is 21.0. The second kappa shape index (κ2) is 5.81. The molecule has 2 unspecified atom stereocenters. The molecule has 0 amide bonds. The Labute approximate surface area is 133 Å². The first-order chi connectivity index (χ1) is 10.9. The fourth-order valence-electron chi connectivity index (χ4n) is 2.65. The van der Waals surface area contributed by atoms with E-state index in [2.05, 4.69) is 53.5 Å². The average Bonchev–Trinajstić information content (AvgIpc) is 3.26. The van der Waals surface area contributed by atoms with Gasteiger partial charge in [0.1, 0.15) is 17.0 Å². The van der Waals surface area contributed by atoms with Crippen LogP contribution in [-0.2, 0) is 0 Å². The highest BCUT2D eigenvalue weighted by molar-refractivity contribution is 8.14. The summed E-state index contributed by atoms with van der Waals surface area (Å²) in [6.07, 6.45) is 3.10. The lowest BCUT2D eigenvalue weighted by atomic mass is 9.99. The molecule has 0 N–H and O–H groups in total. The molecule has 108 valence electrons. The molecule has 0 saturated carbocycles. The molecule has 3 nitrogen and oxygen atoms in total. The van der Waals surface area contributed by atoms with Gasteiger partial charge in [0.2, 0.25) is 0 Å². The zero-order valence-electron chi connectivity index (χ0n) is 11.8. The number of thioether (sulfide) groups is 1. The summed E-state index contributed by atoms with van der Waals surface area (Å²) in [7, 11) is 0. The Hall–Kier alpha value is -2.33. The molecule has 0 aliphatic carbocycles. The second-order valence-electron chi connectivity index (χ2n) is 5.11. The molecule has 0 saturated heterocycles. The monoisotopic (exact) mass is 306 g/mol. The van der Waals surface area contributed by atoms with Crippen molar-refractivity contribution in [1.82, 2.24) is 4.98 Å². The topological polar surface area (TPSA) is 38.4 Å². The molecule has 1 aliphatic heterocycles. The van der Waals surface area contributed by atoms with Crippen LogP contribution in [0.15, 0.2) is 82.7 Å². The molecule has 3 aromatic rings. The van der Waals surface area contributed by atoms with Crippen molar-refractivity contribution in [2.75, 3.05) is 0 Å². The molecule has 2 atom stereocenters. The number of hydrogen-bond acceptors (Lipinski definition) is 4. The van der Waals surface area contributed by atoms with Gasteiger partial charge in [0.05, 0.1) is 11.3 Å². The van der Waals surface area contributed by atoms with Crippen LogP contribution in [0.3, 0.4) is 0 Å². The van der Waals surface area contributed by atoms with Crippen molar-refractivity contribution in [3.8, 4) is 0 Å². The quantitative estimate of drug-likeness (QED) is 0.707. The molecule has 2 aromatic carbocycles. The van der Waals surface area contributed by atoms with Gasteiger partial charge in [-0.05, 0) is 11.1 Å². The molecule has 1 aliphatic rings. The maximum atomic E-state index is 5.10. The molecular formula is C18H14N2OS. The Bertz CT molecular complexity index is 769. The lowest BCUT2D eigenvalue weighted by Gasteiger charge is -2.17. The lowest BCUT2D eigenvalue weighted by molar-refractivity contribution is 0.557. The fraction of sp³-hybridized carbons (Fsp3) is 0.111. The van der Waals surface area contributed by atoms with Gasteiger partial charge in [0, 0.05) is 0 Å². The van der Waals surface area contributed by atoms with Crippen molar-refractivity contribution in [1.29, 1.82) is 0 Å². The van der Waals surface area contributed by atoms with Gasteiger partial charge in [-0.25, -0.2) is 4.98 Å². The molecule has 2 heterocycles. The van der Waals surface area contributed by atoms with Gasteiger partial charge in [0.25, 0.3) is 0 Å². The minimum atomic E-state index is 0.0975. The van der Waals surface area contributed by atoms with E-state index in [4.69, 9.17) is 9.41 Å². The van der Waals surface area contributed by atoms with E-state index in [0.29, 0.717) is 0 Å². The van der Waals surface area contributed by atoms with Crippen LogP contribution in [0.5, 0.6) is 0 Å². The zero-order chi connectivity index (χ0) is 14.8. The number of aliphatic imine (C=N–C) groups is 1. The van der Waals surface area contributed by atoms with Crippen molar-refractivity contribution in [3.63, 3.8) is 0 Å². The van der Waals surface area contributed by atoms with E-state index in [9.17, 15) is 0 Å². The smallest absolute Gasteiger partial charge is 0.181 e. The number of oxazole rings is 1. The minimum absolute atomic E-state index is 0.0975. The Morgan fingerprint density at radius 2 is 1.55 bits per heavy atom. The highest BCUT2D eigenvalue weighted by atomic mass is 32.2. The molecule has 1 aromatic heterocycles. The highest BCUT2D eigenvalue weighted by Gasteiger charge is 2.33. The molecule has 0 fully saturated rings. The van der Waals surface area contributed by atoms with Crippen LogP contribution in [0.25, 0.3) is 0 Å². The van der Waals surface area contributed by atoms with Crippen LogP contribution in [-0.4, -0.2) is 10.0 Å². The Morgan fingerprint density at radius 3 is 2.18 bits per heavy atom. The number of rotatable bonds is 3. The lowest BCUT2D eigenvalue weighted by Crippen LogP contribution is -2.02. The predicted octanol–water partition coefficient (Wildman–Crippen LogP) is 4.65. The third kappa shape index (κ3) is 2.46. The summed E-state index contributed by atoms with van der Waals surface area (Å²) in [5.74, 6) is 0. The number of nitrogens with zero attached hydrogens (tertiary/aromatic N) is 2. The van der Waals surface area contributed by atoms with Gasteiger partial charge in [-0.3, -0.25) is 4.99 Å². The van der Waals surface area contributed by atoms with Crippen molar-refractivity contribution >= 4 is 16.8 Å². The van der Waals surface area contributed by atoms with Crippen LogP contribution < -0.4 is 0 Å². The van der Waals surface area contributed by atoms with Gasteiger partial charge in [-0.2, -0.15) is 0 Å². The summed E-state index contributed by atoms with van der Waals surface area (Å²) in [4.78, 5) is 9.15. The summed E-state index contributed by atoms with van der Waals surface area (Å²) in [6.45, 7) is 0. The summed E-state index contributed by atoms with van der Waals surface area (Å²) in [5.41, 5.74) is 3.32. The van der Waals surface area contributed by atoms with Crippen molar-refractivity contribution in [2.45, 2.75) is 11.3 Å². The van der Waals surface area contributed by atoms with Gasteiger partial charge < -0.3 is 4.42 Å². The third-order valence-corrected chi connectivity index (χ3v) is 5.02. The highest BCUT2D eigenvalue weighted by Crippen LogP contribution is 2.49.